The predicted octanol–water partition coefficient (Wildman–Crippen LogP) is 2.41. The number of nitrogens with zero attached hydrogens (tertiary/aromatic N) is 2. The van der Waals surface area contributed by atoms with E-state index in [0.717, 1.165) is 11.4 Å². The second kappa shape index (κ2) is 5.10. The van der Waals surface area contributed by atoms with Crippen molar-refractivity contribution in [2.75, 3.05) is 0 Å². The summed E-state index contributed by atoms with van der Waals surface area (Å²) in [4.78, 5) is 4.28. The second-order valence-electron chi connectivity index (χ2n) is 4.13. The number of nitrogens with one attached hydrogen (secondary N) is 1. The third-order valence-electron chi connectivity index (χ3n) is 2.77. The highest BCUT2D eigenvalue weighted by Gasteiger charge is 2.08. The van der Waals surface area contributed by atoms with Crippen molar-refractivity contribution < 1.29 is 4.39 Å². The van der Waals surface area contributed by atoms with Crippen LogP contribution in [0.15, 0.2) is 36.7 Å². The Bertz CT molecular complexity index is 476. The van der Waals surface area contributed by atoms with Gasteiger partial charge in [-0.05, 0) is 24.6 Å². The lowest BCUT2D eigenvalue weighted by Gasteiger charge is -2.13. The number of aromatic nitrogens is 2. The van der Waals surface area contributed by atoms with Gasteiger partial charge in [-0.25, -0.2) is 9.37 Å². The first kappa shape index (κ1) is 11.8. The average molecular weight is 233 g/mol. The van der Waals surface area contributed by atoms with Gasteiger partial charge in [-0.2, -0.15) is 0 Å². The van der Waals surface area contributed by atoms with Crippen molar-refractivity contribution in [1.82, 2.24) is 14.9 Å². The molecule has 1 N–H and O–H groups in total. The zero-order valence-corrected chi connectivity index (χ0v) is 10.0. The lowest BCUT2D eigenvalue weighted by molar-refractivity contribution is 0.529. The highest BCUT2D eigenvalue weighted by molar-refractivity contribution is 5.16. The van der Waals surface area contributed by atoms with E-state index in [9.17, 15) is 4.39 Å². The topological polar surface area (TPSA) is 29.9 Å². The molecule has 90 valence electrons. The first-order chi connectivity index (χ1) is 8.16. The summed E-state index contributed by atoms with van der Waals surface area (Å²) < 4.78 is 14.7. The van der Waals surface area contributed by atoms with E-state index in [1.807, 2.05) is 17.8 Å². The highest BCUT2D eigenvalue weighted by atomic mass is 19.1. The first-order valence-corrected chi connectivity index (χ1v) is 5.62. The van der Waals surface area contributed by atoms with Gasteiger partial charge in [0, 0.05) is 26.0 Å². The molecule has 0 aliphatic heterocycles. The van der Waals surface area contributed by atoms with Crippen LogP contribution in [0.4, 0.5) is 4.39 Å². The van der Waals surface area contributed by atoms with Gasteiger partial charge < -0.3 is 9.88 Å². The lowest BCUT2D eigenvalue weighted by Crippen LogP contribution is -2.20. The van der Waals surface area contributed by atoms with Gasteiger partial charge in [0.25, 0.3) is 0 Å². The van der Waals surface area contributed by atoms with Crippen molar-refractivity contribution in [3.05, 3.63) is 53.9 Å². The molecule has 0 amide bonds. The Morgan fingerprint density at radius 1 is 1.35 bits per heavy atom. The SMILES string of the molecule is CC(NCc1ccc(F)cc1)c1nccn1C. The number of hydrogen-bond acceptors (Lipinski definition) is 2. The Morgan fingerprint density at radius 2 is 2.06 bits per heavy atom. The zero-order chi connectivity index (χ0) is 12.3. The van der Waals surface area contributed by atoms with Crippen molar-refractivity contribution >= 4 is 0 Å². The van der Waals surface area contributed by atoms with Crippen molar-refractivity contribution in [3.63, 3.8) is 0 Å². The summed E-state index contributed by atoms with van der Waals surface area (Å²) in [6, 6.07) is 6.69. The summed E-state index contributed by atoms with van der Waals surface area (Å²) in [5.74, 6) is 0.790. The van der Waals surface area contributed by atoms with E-state index < -0.39 is 0 Å². The standard InChI is InChI=1S/C13H16FN3/c1-10(13-15-7-8-17(13)2)16-9-11-3-5-12(14)6-4-11/h3-8,10,16H,9H2,1-2H3. The fourth-order valence-corrected chi connectivity index (χ4v) is 1.76. The molecule has 17 heavy (non-hydrogen) atoms. The minimum absolute atomic E-state index is 0.167. The number of aryl methyl sites for hydroxylation is 1. The molecule has 0 bridgehead atoms. The summed E-state index contributed by atoms with van der Waals surface area (Å²) in [6.45, 7) is 2.76. The fraction of sp³-hybridized carbons (Fsp3) is 0.308. The molecule has 1 heterocycles. The third kappa shape index (κ3) is 2.91. The van der Waals surface area contributed by atoms with Gasteiger partial charge in [-0.15, -0.1) is 0 Å². The predicted molar refractivity (Wildman–Crippen MR) is 64.9 cm³/mol. The van der Waals surface area contributed by atoms with Gasteiger partial charge in [-0.3, -0.25) is 0 Å². The van der Waals surface area contributed by atoms with Crippen LogP contribution in [-0.4, -0.2) is 9.55 Å². The van der Waals surface area contributed by atoms with E-state index >= 15 is 0 Å². The molecule has 1 aromatic carbocycles. The average Bonchev–Trinajstić information content (AvgIpc) is 2.74. The van der Waals surface area contributed by atoms with Crippen molar-refractivity contribution in [3.8, 4) is 0 Å². The smallest absolute Gasteiger partial charge is 0.125 e. The van der Waals surface area contributed by atoms with Gasteiger partial charge in [0.15, 0.2) is 0 Å². The Kier molecular flexibility index (Phi) is 3.54. The van der Waals surface area contributed by atoms with Crippen LogP contribution in [0.1, 0.15) is 24.4 Å². The first-order valence-electron chi connectivity index (χ1n) is 5.62. The largest absolute Gasteiger partial charge is 0.337 e. The molecule has 3 nitrogen and oxygen atoms in total. The van der Waals surface area contributed by atoms with Gasteiger partial charge in [0.1, 0.15) is 11.6 Å². The molecule has 0 spiro atoms. The van der Waals surface area contributed by atoms with Crippen LogP contribution in [0, 0.1) is 5.82 Å². The summed E-state index contributed by atoms with van der Waals surface area (Å²) in [5.41, 5.74) is 1.06. The van der Waals surface area contributed by atoms with E-state index in [4.69, 9.17) is 0 Å². The van der Waals surface area contributed by atoms with Gasteiger partial charge in [-0.1, -0.05) is 12.1 Å². The van der Waals surface area contributed by atoms with Crippen molar-refractivity contribution in [1.29, 1.82) is 0 Å². The van der Waals surface area contributed by atoms with Crippen LogP contribution >= 0.6 is 0 Å². The Balaban J connectivity index is 1.94. The molecular formula is C13H16FN3. The molecular weight excluding hydrogens is 217 g/mol. The number of benzene rings is 1. The summed E-state index contributed by atoms with van der Waals surface area (Å²) in [6.07, 6.45) is 3.71. The zero-order valence-electron chi connectivity index (χ0n) is 10.0. The summed E-state index contributed by atoms with van der Waals surface area (Å²) in [7, 11) is 1.97. The Labute approximate surface area is 100 Å². The van der Waals surface area contributed by atoms with Gasteiger partial charge >= 0.3 is 0 Å². The number of rotatable bonds is 4. The number of halogens is 1. The maximum absolute atomic E-state index is 12.7. The molecule has 1 unspecified atom stereocenters. The van der Waals surface area contributed by atoms with Crippen LogP contribution in [-0.2, 0) is 13.6 Å². The Hall–Kier alpha value is -1.68. The van der Waals surface area contributed by atoms with Crippen LogP contribution in [0.3, 0.4) is 0 Å². The molecule has 1 aromatic heterocycles. The molecule has 0 saturated carbocycles. The molecule has 2 rings (SSSR count). The van der Waals surface area contributed by atoms with Gasteiger partial charge in [0.05, 0.1) is 6.04 Å². The third-order valence-corrected chi connectivity index (χ3v) is 2.77. The minimum atomic E-state index is -0.203. The van der Waals surface area contributed by atoms with E-state index in [-0.39, 0.29) is 11.9 Å². The quantitative estimate of drug-likeness (QED) is 0.878. The van der Waals surface area contributed by atoms with E-state index in [2.05, 4.69) is 17.2 Å². The molecule has 4 heteroatoms. The summed E-state index contributed by atoms with van der Waals surface area (Å²) >= 11 is 0. The van der Waals surface area contributed by atoms with E-state index in [0.29, 0.717) is 6.54 Å². The van der Waals surface area contributed by atoms with Crippen LogP contribution in [0.2, 0.25) is 0 Å². The Morgan fingerprint density at radius 3 is 2.65 bits per heavy atom. The minimum Gasteiger partial charge on any atom is -0.337 e. The summed E-state index contributed by atoms with van der Waals surface area (Å²) in [5, 5.41) is 3.36. The molecule has 0 radical (unpaired) electrons. The molecule has 1 atom stereocenters. The molecule has 0 aliphatic carbocycles. The second-order valence-corrected chi connectivity index (χ2v) is 4.13. The maximum Gasteiger partial charge on any atom is 0.125 e. The van der Waals surface area contributed by atoms with Crippen LogP contribution < -0.4 is 5.32 Å². The normalized spacial score (nSPS) is 12.6. The molecule has 0 saturated heterocycles. The molecule has 0 aliphatic rings. The lowest BCUT2D eigenvalue weighted by atomic mass is 10.2. The monoisotopic (exact) mass is 233 g/mol. The van der Waals surface area contributed by atoms with E-state index in [1.54, 1.807) is 18.3 Å². The maximum atomic E-state index is 12.7. The molecule has 0 fully saturated rings. The van der Waals surface area contributed by atoms with E-state index in [1.165, 1.54) is 12.1 Å². The number of imidazole rings is 1. The van der Waals surface area contributed by atoms with Crippen LogP contribution in [0.5, 0.6) is 0 Å². The number of hydrogen-bond donors (Lipinski definition) is 1. The van der Waals surface area contributed by atoms with Gasteiger partial charge in [0.2, 0.25) is 0 Å². The van der Waals surface area contributed by atoms with Crippen LogP contribution in [0.25, 0.3) is 0 Å². The van der Waals surface area contributed by atoms with Crippen molar-refractivity contribution in [2.45, 2.75) is 19.5 Å². The van der Waals surface area contributed by atoms with Crippen molar-refractivity contribution in [2.24, 2.45) is 7.05 Å². The fourth-order valence-electron chi connectivity index (χ4n) is 1.76. The highest BCUT2D eigenvalue weighted by Crippen LogP contribution is 2.10. The molecule has 2 aromatic rings.